The lowest BCUT2D eigenvalue weighted by Crippen LogP contribution is -2.26. The van der Waals surface area contributed by atoms with Crippen LogP contribution in [-0.2, 0) is 11.2 Å². The molecular weight excluding hydrogens is 356 g/mol. The Morgan fingerprint density at radius 2 is 2.04 bits per heavy atom. The first-order valence-corrected chi connectivity index (χ1v) is 10.2. The highest BCUT2D eigenvalue weighted by molar-refractivity contribution is 7.20. The van der Waals surface area contributed by atoms with Gasteiger partial charge in [-0.3, -0.25) is 9.59 Å². The van der Waals surface area contributed by atoms with E-state index in [1.807, 2.05) is 5.38 Å². The van der Waals surface area contributed by atoms with E-state index in [0.29, 0.717) is 31.1 Å². The Bertz CT molecular complexity index is 668. The van der Waals surface area contributed by atoms with Gasteiger partial charge in [0.25, 0.3) is 5.91 Å². The van der Waals surface area contributed by atoms with Gasteiger partial charge in [0.05, 0.1) is 0 Å². The minimum atomic E-state index is -0.110. The van der Waals surface area contributed by atoms with E-state index in [9.17, 15) is 9.59 Å². The van der Waals surface area contributed by atoms with Crippen LogP contribution in [0, 0.1) is 5.92 Å². The number of thiazole rings is 2. The summed E-state index contributed by atoms with van der Waals surface area (Å²) in [7, 11) is 0. The van der Waals surface area contributed by atoms with Crippen molar-refractivity contribution in [3.8, 4) is 10.0 Å². The van der Waals surface area contributed by atoms with Crippen LogP contribution >= 0.6 is 22.7 Å². The molecule has 0 spiro atoms. The first-order chi connectivity index (χ1) is 12.1. The van der Waals surface area contributed by atoms with Gasteiger partial charge in [-0.2, -0.15) is 0 Å². The number of rotatable bonds is 11. The Morgan fingerprint density at radius 3 is 2.72 bits per heavy atom. The normalized spacial score (nSPS) is 10.8. The fourth-order valence-corrected chi connectivity index (χ4v) is 4.28. The van der Waals surface area contributed by atoms with Gasteiger partial charge in [0.1, 0.15) is 5.69 Å². The van der Waals surface area contributed by atoms with E-state index in [4.69, 9.17) is 0 Å². The second kappa shape index (κ2) is 10.2. The fourth-order valence-electron chi connectivity index (χ4n) is 2.33. The Morgan fingerprint density at radius 1 is 1.24 bits per heavy atom. The highest BCUT2D eigenvalue weighted by Crippen LogP contribution is 2.31. The summed E-state index contributed by atoms with van der Waals surface area (Å²) in [4.78, 5) is 32.5. The average molecular weight is 381 g/mol. The summed E-state index contributed by atoms with van der Waals surface area (Å²) in [6.45, 7) is 5.57. The van der Waals surface area contributed by atoms with Crippen molar-refractivity contribution in [2.24, 2.45) is 5.92 Å². The van der Waals surface area contributed by atoms with Crippen LogP contribution in [0.15, 0.2) is 11.6 Å². The molecule has 0 saturated heterocycles. The van der Waals surface area contributed by atoms with Gasteiger partial charge in [-0.15, -0.1) is 22.7 Å². The van der Waals surface area contributed by atoms with Crippen LogP contribution in [0.4, 0.5) is 0 Å². The van der Waals surface area contributed by atoms with Crippen LogP contribution in [-0.4, -0.2) is 35.4 Å². The van der Waals surface area contributed by atoms with Crippen molar-refractivity contribution in [1.29, 1.82) is 0 Å². The number of carbonyl (C=O) groups excluding carboxylic acids is 2. The van der Waals surface area contributed by atoms with Gasteiger partial charge in [-0.05, 0) is 31.6 Å². The molecule has 0 aromatic carbocycles. The predicted octanol–water partition coefficient (Wildman–Crippen LogP) is 3.11. The van der Waals surface area contributed by atoms with Crippen LogP contribution in [0.25, 0.3) is 10.0 Å². The molecule has 2 N–H and O–H groups in total. The Labute approximate surface area is 156 Å². The van der Waals surface area contributed by atoms with Gasteiger partial charge in [0.2, 0.25) is 6.41 Å². The molecule has 25 heavy (non-hydrogen) atoms. The molecule has 0 aliphatic carbocycles. The van der Waals surface area contributed by atoms with Crippen LogP contribution in [0.5, 0.6) is 0 Å². The highest BCUT2D eigenvalue weighted by atomic mass is 32.1. The number of nitrogens with one attached hydrogen (secondary N) is 2. The van der Waals surface area contributed by atoms with E-state index >= 15 is 0 Å². The second-order valence-corrected chi connectivity index (χ2v) is 8.09. The van der Waals surface area contributed by atoms with Crippen molar-refractivity contribution in [2.75, 3.05) is 13.1 Å². The van der Waals surface area contributed by atoms with Crippen molar-refractivity contribution in [3.05, 3.63) is 22.1 Å². The Kier molecular flexibility index (Phi) is 8.00. The highest BCUT2D eigenvalue weighted by Gasteiger charge is 2.20. The zero-order chi connectivity index (χ0) is 18.1. The van der Waals surface area contributed by atoms with Gasteiger partial charge < -0.3 is 10.6 Å². The predicted molar refractivity (Wildman–Crippen MR) is 102 cm³/mol. The van der Waals surface area contributed by atoms with Gasteiger partial charge in [-0.25, -0.2) is 9.97 Å². The van der Waals surface area contributed by atoms with Gasteiger partial charge in [0, 0.05) is 29.5 Å². The molecule has 0 saturated carbocycles. The molecule has 0 aliphatic rings. The van der Waals surface area contributed by atoms with E-state index in [-0.39, 0.29) is 5.91 Å². The molecule has 0 aliphatic heterocycles. The summed E-state index contributed by atoms with van der Waals surface area (Å²) in [5.74, 6) is 0.349. The maximum atomic E-state index is 12.5. The number of hydrogen-bond acceptors (Lipinski definition) is 6. The van der Waals surface area contributed by atoms with Crippen molar-refractivity contribution in [2.45, 2.75) is 39.5 Å². The Hall–Kier alpha value is -1.80. The fraction of sp³-hybridized carbons (Fsp3) is 0.529. The van der Waals surface area contributed by atoms with E-state index in [0.717, 1.165) is 40.6 Å². The van der Waals surface area contributed by atoms with E-state index in [1.165, 1.54) is 11.3 Å². The first kappa shape index (κ1) is 19.5. The van der Waals surface area contributed by atoms with Gasteiger partial charge in [-0.1, -0.05) is 13.8 Å². The quantitative estimate of drug-likeness (QED) is 0.463. The third-order valence-corrected chi connectivity index (χ3v) is 5.48. The molecule has 0 unspecified atom stereocenters. The van der Waals surface area contributed by atoms with Crippen molar-refractivity contribution in [1.82, 2.24) is 20.6 Å². The maximum absolute atomic E-state index is 12.5. The van der Waals surface area contributed by atoms with Gasteiger partial charge >= 0.3 is 0 Å². The van der Waals surface area contributed by atoms with Crippen LogP contribution in [0.1, 0.15) is 48.5 Å². The number of hydrogen-bond donors (Lipinski definition) is 2. The molecule has 2 heterocycles. The minimum Gasteiger partial charge on any atom is -0.359 e. The maximum Gasteiger partial charge on any atom is 0.271 e. The number of amides is 2. The summed E-state index contributed by atoms with van der Waals surface area (Å²) in [5, 5.41) is 9.18. The molecule has 0 atom stereocenters. The molecule has 6 nitrogen and oxygen atoms in total. The minimum absolute atomic E-state index is 0.110. The molecule has 2 aromatic heterocycles. The molecule has 2 aromatic rings. The van der Waals surface area contributed by atoms with Crippen LogP contribution < -0.4 is 10.6 Å². The standard InChI is InChI=1S/C17H24N4O2S2/c1-12(2)10-13-14(21-17(25-13)16-20-8-9-24-16)15(23)19-7-5-3-4-6-18-11-22/h8-9,11-12H,3-7,10H2,1-2H3,(H,18,22)(H,19,23). The van der Waals surface area contributed by atoms with E-state index in [1.54, 1.807) is 17.5 Å². The third kappa shape index (κ3) is 6.21. The first-order valence-electron chi connectivity index (χ1n) is 8.46. The average Bonchev–Trinajstić information content (AvgIpc) is 3.22. The lowest BCUT2D eigenvalue weighted by molar-refractivity contribution is -0.109. The monoisotopic (exact) mass is 380 g/mol. The SMILES string of the molecule is CC(C)Cc1sc(-c2nccs2)nc1C(=O)NCCCCCNC=O. The van der Waals surface area contributed by atoms with Gasteiger partial charge in [0.15, 0.2) is 10.0 Å². The Balaban J connectivity index is 1.94. The largest absolute Gasteiger partial charge is 0.359 e. The van der Waals surface area contributed by atoms with Crippen LogP contribution in [0.2, 0.25) is 0 Å². The second-order valence-electron chi connectivity index (χ2n) is 6.11. The molecule has 2 rings (SSSR count). The smallest absolute Gasteiger partial charge is 0.271 e. The molecule has 0 bridgehead atoms. The molecule has 0 radical (unpaired) electrons. The lowest BCUT2D eigenvalue weighted by atomic mass is 10.1. The van der Waals surface area contributed by atoms with Crippen molar-refractivity contribution >= 4 is 35.0 Å². The zero-order valence-electron chi connectivity index (χ0n) is 14.6. The molecular formula is C17H24N4O2S2. The topological polar surface area (TPSA) is 84.0 Å². The van der Waals surface area contributed by atoms with Crippen molar-refractivity contribution < 1.29 is 9.59 Å². The number of carbonyl (C=O) groups is 2. The molecule has 136 valence electrons. The van der Waals surface area contributed by atoms with E-state index < -0.39 is 0 Å². The number of aromatic nitrogens is 2. The molecule has 2 amide bonds. The number of nitrogens with zero attached hydrogens (tertiary/aromatic N) is 2. The lowest BCUT2D eigenvalue weighted by Gasteiger charge is -2.06. The summed E-state index contributed by atoms with van der Waals surface area (Å²) in [6.07, 6.45) is 6.06. The zero-order valence-corrected chi connectivity index (χ0v) is 16.2. The number of unbranched alkanes of at least 4 members (excludes halogenated alkanes) is 2. The third-order valence-electron chi connectivity index (χ3n) is 3.49. The summed E-state index contributed by atoms with van der Waals surface area (Å²) in [5.41, 5.74) is 0.534. The van der Waals surface area contributed by atoms with Crippen LogP contribution in [0.3, 0.4) is 0 Å². The van der Waals surface area contributed by atoms with E-state index in [2.05, 4.69) is 34.4 Å². The summed E-state index contributed by atoms with van der Waals surface area (Å²) in [6, 6.07) is 0. The molecule has 8 heteroatoms. The summed E-state index contributed by atoms with van der Waals surface area (Å²) >= 11 is 3.10. The summed E-state index contributed by atoms with van der Waals surface area (Å²) < 4.78 is 0. The molecule has 0 fully saturated rings. The van der Waals surface area contributed by atoms with Crippen molar-refractivity contribution in [3.63, 3.8) is 0 Å².